The first kappa shape index (κ1) is 16.2. The molecule has 1 aliphatic heterocycles. The molecule has 1 atom stereocenters. The van der Waals surface area contributed by atoms with Gasteiger partial charge in [0.25, 0.3) is 0 Å². The van der Waals surface area contributed by atoms with Crippen LogP contribution < -0.4 is 10.1 Å². The quantitative estimate of drug-likeness (QED) is 0.874. The fraction of sp³-hybridized carbons (Fsp3) is 0.706. The zero-order chi connectivity index (χ0) is 15.2. The number of methoxy groups -OCH3 is 1. The molecule has 0 radical (unpaired) electrons. The van der Waals surface area contributed by atoms with Gasteiger partial charge in [0.2, 0.25) is 0 Å². The average molecular weight is 291 g/mol. The Labute approximate surface area is 128 Å². The topological polar surface area (TPSA) is 37.4 Å². The lowest BCUT2D eigenvalue weighted by Gasteiger charge is -2.35. The average Bonchev–Trinajstić information content (AvgIpc) is 2.47. The normalized spacial score (nSPS) is 18.7. The molecule has 2 rings (SSSR count). The van der Waals surface area contributed by atoms with Crippen LogP contribution in [0, 0.1) is 12.8 Å². The Kier molecular flexibility index (Phi) is 6.00. The highest BCUT2D eigenvalue weighted by molar-refractivity contribution is 5.26. The van der Waals surface area contributed by atoms with E-state index in [1.807, 2.05) is 13.0 Å². The predicted octanol–water partition coefficient (Wildman–Crippen LogP) is 2.61. The number of aryl methyl sites for hydroxylation is 1. The van der Waals surface area contributed by atoms with Crippen LogP contribution in [0.5, 0.6) is 5.75 Å². The van der Waals surface area contributed by atoms with Gasteiger partial charge in [-0.25, -0.2) is 0 Å². The van der Waals surface area contributed by atoms with Gasteiger partial charge in [-0.1, -0.05) is 6.92 Å². The van der Waals surface area contributed by atoms with Crippen molar-refractivity contribution in [2.24, 2.45) is 5.92 Å². The molecule has 21 heavy (non-hydrogen) atoms. The summed E-state index contributed by atoms with van der Waals surface area (Å²) in [5.41, 5.74) is 2.14. The first-order chi connectivity index (χ1) is 10.1. The van der Waals surface area contributed by atoms with Gasteiger partial charge < -0.3 is 10.1 Å². The monoisotopic (exact) mass is 291 g/mol. The molecule has 118 valence electrons. The van der Waals surface area contributed by atoms with Gasteiger partial charge in [-0.3, -0.25) is 9.88 Å². The van der Waals surface area contributed by atoms with Gasteiger partial charge in [0.05, 0.1) is 12.8 Å². The SMILES string of the molecule is CCNC(C)C1CCN(Cc2cc(OC)cc(C)n2)CC1. The van der Waals surface area contributed by atoms with E-state index in [0.29, 0.717) is 6.04 Å². The summed E-state index contributed by atoms with van der Waals surface area (Å²) in [5, 5.41) is 3.55. The van der Waals surface area contributed by atoms with Crippen molar-refractivity contribution < 1.29 is 4.74 Å². The van der Waals surface area contributed by atoms with Crippen LogP contribution in [0.2, 0.25) is 0 Å². The van der Waals surface area contributed by atoms with Crippen LogP contribution in [0.3, 0.4) is 0 Å². The number of nitrogens with zero attached hydrogens (tertiary/aromatic N) is 2. The van der Waals surface area contributed by atoms with Crippen molar-refractivity contribution in [2.45, 2.75) is 46.2 Å². The van der Waals surface area contributed by atoms with Crippen LogP contribution in [-0.2, 0) is 6.54 Å². The number of pyridine rings is 1. The summed E-state index contributed by atoms with van der Waals surface area (Å²) in [6, 6.07) is 4.67. The number of hydrogen-bond acceptors (Lipinski definition) is 4. The molecule has 1 N–H and O–H groups in total. The van der Waals surface area contributed by atoms with Crippen LogP contribution in [0.25, 0.3) is 0 Å². The summed E-state index contributed by atoms with van der Waals surface area (Å²) < 4.78 is 5.33. The molecule has 1 unspecified atom stereocenters. The number of rotatable bonds is 6. The lowest BCUT2D eigenvalue weighted by Crippen LogP contribution is -2.41. The lowest BCUT2D eigenvalue weighted by molar-refractivity contribution is 0.155. The van der Waals surface area contributed by atoms with Gasteiger partial charge in [-0.2, -0.15) is 0 Å². The second-order valence-corrected chi connectivity index (χ2v) is 6.10. The standard InChI is InChI=1S/C17H29N3O/c1-5-18-14(3)15-6-8-20(9-7-15)12-16-11-17(21-4)10-13(2)19-16/h10-11,14-15,18H,5-9,12H2,1-4H3. The number of ether oxygens (including phenoxy) is 1. The highest BCUT2D eigenvalue weighted by Gasteiger charge is 2.23. The maximum atomic E-state index is 5.33. The maximum Gasteiger partial charge on any atom is 0.122 e. The van der Waals surface area contributed by atoms with Crippen LogP contribution >= 0.6 is 0 Å². The van der Waals surface area contributed by atoms with E-state index in [1.54, 1.807) is 7.11 Å². The molecule has 0 amide bonds. The van der Waals surface area contributed by atoms with Crippen molar-refractivity contribution >= 4 is 0 Å². The van der Waals surface area contributed by atoms with E-state index in [2.05, 4.69) is 35.1 Å². The number of hydrogen-bond donors (Lipinski definition) is 1. The summed E-state index contributed by atoms with van der Waals surface area (Å²) in [7, 11) is 1.71. The minimum atomic E-state index is 0.634. The smallest absolute Gasteiger partial charge is 0.122 e. The van der Waals surface area contributed by atoms with Crippen molar-refractivity contribution in [1.29, 1.82) is 0 Å². The summed E-state index contributed by atoms with van der Waals surface area (Å²) in [4.78, 5) is 7.14. The number of piperidine rings is 1. The minimum absolute atomic E-state index is 0.634. The molecule has 4 heteroatoms. The first-order valence-corrected chi connectivity index (χ1v) is 8.09. The molecular weight excluding hydrogens is 262 g/mol. The van der Waals surface area contributed by atoms with Crippen LogP contribution in [0.4, 0.5) is 0 Å². The predicted molar refractivity (Wildman–Crippen MR) is 86.7 cm³/mol. The minimum Gasteiger partial charge on any atom is -0.497 e. The Balaban J connectivity index is 1.87. The summed E-state index contributed by atoms with van der Waals surface area (Å²) >= 11 is 0. The zero-order valence-electron chi connectivity index (χ0n) is 13.9. The third-order valence-electron chi connectivity index (χ3n) is 4.47. The van der Waals surface area contributed by atoms with Gasteiger partial charge in [0.15, 0.2) is 0 Å². The van der Waals surface area contributed by atoms with E-state index < -0.39 is 0 Å². The summed E-state index contributed by atoms with van der Waals surface area (Å²) in [5.74, 6) is 1.72. The molecule has 1 aliphatic rings. The summed E-state index contributed by atoms with van der Waals surface area (Å²) in [6.07, 6.45) is 2.55. The van der Waals surface area contributed by atoms with Gasteiger partial charge in [-0.15, -0.1) is 0 Å². The van der Waals surface area contributed by atoms with E-state index in [0.717, 1.165) is 36.1 Å². The molecule has 1 fully saturated rings. The van der Waals surface area contributed by atoms with Crippen molar-refractivity contribution in [3.05, 3.63) is 23.5 Å². The molecular formula is C17H29N3O. The lowest BCUT2D eigenvalue weighted by atomic mass is 9.90. The molecule has 0 aliphatic carbocycles. The molecule has 4 nitrogen and oxygen atoms in total. The number of nitrogens with one attached hydrogen (secondary N) is 1. The summed E-state index contributed by atoms with van der Waals surface area (Å²) in [6.45, 7) is 10.8. The van der Waals surface area contributed by atoms with E-state index in [4.69, 9.17) is 4.74 Å². The maximum absolute atomic E-state index is 5.33. The Morgan fingerprint density at radius 1 is 1.38 bits per heavy atom. The van der Waals surface area contributed by atoms with Gasteiger partial charge >= 0.3 is 0 Å². The molecule has 2 heterocycles. The molecule has 0 saturated carbocycles. The van der Waals surface area contributed by atoms with Crippen molar-refractivity contribution in [3.63, 3.8) is 0 Å². The molecule has 0 spiro atoms. The van der Waals surface area contributed by atoms with E-state index in [1.165, 1.54) is 25.9 Å². The molecule has 1 aromatic rings. The van der Waals surface area contributed by atoms with Crippen LogP contribution in [0.1, 0.15) is 38.1 Å². The number of likely N-dealkylation sites (tertiary alicyclic amines) is 1. The van der Waals surface area contributed by atoms with E-state index in [9.17, 15) is 0 Å². The molecule has 0 bridgehead atoms. The van der Waals surface area contributed by atoms with Crippen LogP contribution in [0.15, 0.2) is 12.1 Å². The first-order valence-electron chi connectivity index (χ1n) is 8.09. The fourth-order valence-corrected chi connectivity index (χ4v) is 3.23. The van der Waals surface area contributed by atoms with Crippen molar-refractivity contribution in [2.75, 3.05) is 26.7 Å². The van der Waals surface area contributed by atoms with Crippen molar-refractivity contribution in [1.82, 2.24) is 15.2 Å². The largest absolute Gasteiger partial charge is 0.497 e. The molecule has 0 aromatic carbocycles. The van der Waals surface area contributed by atoms with E-state index in [-0.39, 0.29) is 0 Å². The van der Waals surface area contributed by atoms with Gasteiger partial charge in [0.1, 0.15) is 5.75 Å². The van der Waals surface area contributed by atoms with E-state index >= 15 is 0 Å². The Bertz CT molecular complexity index is 442. The number of aromatic nitrogens is 1. The second-order valence-electron chi connectivity index (χ2n) is 6.10. The second kappa shape index (κ2) is 7.76. The third kappa shape index (κ3) is 4.68. The third-order valence-corrected chi connectivity index (χ3v) is 4.47. The fourth-order valence-electron chi connectivity index (χ4n) is 3.23. The van der Waals surface area contributed by atoms with Gasteiger partial charge in [-0.05, 0) is 52.2 Å². The molecule has 1 aromatic heterocycles. The highest BCUT2D eigenvalue weighted by atomic mass is 16.5. The zero-order valence-corrected chi connectivity index (χ0v) is 13.9. The Hall–Kier alpha value is -1.13. The highest BCUT2D eigenvalue weighted by Crippen LogP contribution is 2.22. The Morgan fingerprint density at radius 2 is 2.10 bits per heavy atom. The van der Waals surface area contributed by atoms with Crippen molar-refractivity contribution in [3.8, 4) is 5.75 Å². The molecule has 1 saturated heterocycles. The van der Waals surface area contributed by atoms with Gasteiger partial charge in [0, 0.05) is 30.4 Å². The Morgan fingerprint density at radius 3 is 2.71 bits per heavy atom. The van der Waals surface area contributed by atoms with Crippen LogP contribution in [-0.4, -0.2) is 42.7 Å².